The molecule has 0 aliphatic carbocycles. The minimum Gasteiger partial charge on any atom is -0.378 e. The van der Waals surface area contributed by atoms with Crippen molar-refractivity contribution in [2.45, 2.75) is 6.42 Å². The number of hydrogen-bond acceptors (Lipinski definition) is 7. The molecule has 5 rings (SSSR count). The van der Waals surface area contributed by atoms with E-state index in [1.165, 1.54) is 21.6 Å². The molecule has 0 aromatic carbocycles. The van der Waals surface area contributed by atoms with Crippen LogP contribution in [0.5, 0.6) is 0 Å². The number of ketones is 1. The van der Waals surface area contributed by atoms with Crippen molar-refractivity contribution in [3.05, 3.63) is 65.6 Å². The first kappa shape index (κ1) is 20.9. The van der Waals surface area contributed by atoms with Crippen LogP contribution in [0.1, 0.15) is 26.4 Å². The van der Waals surface area contributed by atoms with E-state index < -0.39 is 5.95 Å². The number of pyridine rings is 2. The number of fused-ring (bicyclic) bond motifs is 1. The number of carbonyl (C=O) groups is 2. The summed E-state index contributed by atoms with van der Waals surface area (Å²) in [7, 11) is 1.64. The van der Waals surface area contributed by atoms with Crippen molar-refractivity contribution in [3.63, 3.8) is 0 Å². The minimum atomic E-state index is -0.655. The van der Waals surface area contributed by atoms with Crippen molar-refractivity contribution >= 4 is 17.3 Å². The van der Waals surface area contributed by atoms with Gasteiger partial charge in [-0.05, 0) is 29.8 Å². The Kier molecular flexibility index (Phi) is 5.38. The number of aryl methyl sites for hydroxylation is 1. The van der Waals surface area contributed by atoms with Gasteiger partial charge in [0.2, 0.25) is 5.95 Å². The molecule has 4 aromatic rings. The lowest BCUT2D eigenvalue weighted by atomic mass is 10.0. The molecule has 168 valence electrons. The van der Waals surface area contributed by atoms with Gasteiger partial charge < -0.3 is 9.64 Å². The van der Waals surface area contributed by atoms with E-state index >= 15 is 0 Å². The highest BCUT2D eigenvalue weighted by atomic mass is 19.1. The summed E-state index contributed by atoms with van der Waals surface area (Å²) in [5, 5.41) is 8.42. The predicted molar refractivity (Wildman–Crippen MR) is 114 cm³/mol. The van der Waals surface area contributed by atoms with E-state index in [4.69, 9.17) is 4.74 Å². The number of ether oxygens (including phenoxy) is 1. The quantitative estimate of drug-likeness (QED) is 0.336. The number of carbonyl (C=O) groups excluding carboxylic acids is 2. The van der Waals surface area contributed by atoms with Gasteiger partial charge in [0.15, 0.2) is 17.3 Å². The normalized spacial score (nSPS) is 14.1. The summed E-state index contributed by atoms with van der Waals surface area (Å²) in [6, 6.07) is 6.61. The van der Waals surface area contributed by atoms with Gasteiger partial charge in [0.05, 0.1) is 30.5 Å². The molecule has 0 saturated carbocycles. The number of morpholine rings is 1. The summed E-state index contributed by atoms with van der Waals surface area (Å²) in [6.07, 6.45) is 4.49. The lowest BCUT2D eigenvalue weighted by Crippen LogP contribution is -2.41. The molecule has 0 unspecified atom stereocenters. The number of aromatic nitrogens is 6. The first-order valence-corrected chi connectivity index (χ1v) is 10.4. The molecule has 1 amide bonds. The lowest BCUT2D eigenvalue weighted by molar-refractivity contribution is 0.0301. The maximum Gasteiger partial charge on any atom is 0.257 e. The topological polar surface area (TPSA) is 108 Å². The molecule has 33 heavy (non-hydrogen) atoms. The average Bonchev–Trinajstić information content (AvgIpc) is 3.42. The Hall–Kier alpha value is -3.99. The van der Waals surface area contributed by atoms with Gasteiger partial charge in [0, 0.05) is 39.0 Å². The van der Waals surface area contributed by atoms with Crippen LogP contribution in [0.3, 0.4) is 0 Å². The first-order chi connectivity index (χ1) is 16.0. The smallest absolute Gasteiger partial charge is 0.257 e. The van der Waals surface area contributed by atoms with Gasteiger partial charge in [0.1, 0.15) is 5.69 Å². The third-order valence-corrected chi connectivity index (χ3v) is 5.50. The number of amides is 1. The van der Waals surface area contributed by atoms with Crippen molar-refractivity contribution in [3.8, 4) is 11.4 Å². The molecular formula is C22H20FN7O3. The molecule has 0 radical (unpaired) electrons. The van der Waals surface area contributed by atoms with Gasteiger partial charge in [-0.1, -0.05) is 0 Å². The van der Waals surface area contributed by atoms with Crippen molar-refractivity contribution in [2.24, 2.45) is 7.05 Å². The van der Waals surface area contributed by atoms with E-state index in [2.05, 4.69) is 20.2 Å². The van der Waals surface area contributed by atoms with Gasteiger partial charge in [0.25, 0.3) is 5.91 Å². The van der Waals surface area contributed by atoms with Gasteiger partial charge in [-0.15, -0.1) is 5.10 Å². The number of rotatable bonds is 5. The van der Waals surface area contributed by atoms with E-state index in [9.17, 15) is 14.0 Å². The number of nitrogens with zero attached hydrogens (tertiary/aromatic N) is 7. The monoisotopic (exact) mass is 449 g/mol. The van der Waals surface area contributed by atoms with Crippen molar-refractivity contribution in [2.75, 3.05) is 26.3 Å². The van der Waals surface area contributed by atoms with Gasteiger partial charge >= 0.3 is 0 Å². The highest BCUT2D eigenvalue weighted by Crippen LogP contribution is 2.20. The fourth-order valence-electron chi connectivity index (χ4n) is 3.83. The minimum absolute atomic E-state index is 0.0445. The molecule has 0 N–H and O–H groups in total. The molecule has 1 saturated heterocycles. The second kappa shape index (κ2) is 8.51. The summed E-state index contributed by atoms with van der Waals surface area (Å²) in [6.45, 7) is 1.90. The van der Waals surface area contributed by atoms with Crippen molar-refractivity contribution < 1.29 is 18.7 Å². The summed E-state index contributed by atoms with van der Waals surface area (Å²) in [5.41, 5.74) is 1.88. The third-order valence-electron chi connectivity index (χ3n) is 5.50. The number of hydrogen-bond donors (Lipinski definition) is 0. The van der Waals surface area contributed by atoms with E-state index in [1.807, 2.05) is 0 Å². The Balaban J connectivity index is 1.40. The van der Waals surface area contributed by atoms with E-state index in [0.717, 1.165) is 0 Å². The van der Waals surface area contributed by atoms with Crippen LogP contribution in [0.25, 0.3) is 17.0 Å². The maximum atomic E-state index is 14.0. The molecular weight excluding hydrogens is 429 g/mol. The van der Waals surface area contributed by atoms with E-state index in [1.54, 1.807) is 42.4 Å². The SMILES string of the molecule is Cn1ncc(C(=O)N2CCOCC2)c1C(=O)Cc1ccn2nc(-c3cccnc3F)nc2c1. The molecule has 0 atom stereocenters. The van der Waals surface area contributed by atoms with Crippen LogP contribution in [0.15, 0.2) is 42.9 Å². The highest BCUT2D eigenvalue weighted by Gasteiger charge is 2.27. The van der Waals surface area contributed by atoms with Crippen molar-refractivity contribution in [1.82, 2.24) is 34.3 Å². The maximum absolute atomic E-state index is 14.0. The fourth-order valence-corrected chi connectivity index (χ4v) is 3.83. The summed E-state index contributed by atoms with van der Waals surface area (Å²) < 4.78 is 22.2. The Morgan fingerprint density at radius 2 is 2.03 bits per heavy atom. The Bertz CT molecular complexity index is 1360. The molecule has 1 aliphatic heterocycles. The van der Waals surface area contributed by atoms with Crippen LogP contribution < -0.4 is 0 Å². The van der Waals surface area contributed by atoms with Gasteiger partial charge in [-0.2, -0.15) is 9.49 Å². The van der Waals surface area contributed by atoms with Crippen LogP contribution in [-0.4, -0.2) is 72.3 Å². The summed E-state index contributed by atoms with van der Waals surface area (Å²) >= 11 is 0. The van der Waals surface area contributed by atoms with Crippen LogP contribution in [0, 0.1) is 5.95 Å². The summed E-state index contributed by atoms with van der Waals surface area (Å²) in [4.78, 5) is 35.8. The zero-order valence-corrected chi connectivity index (χ0v) is 17.8. The summed E-state index contributed by atoms with van der Waals surface area (Å²) in [5.74, 6) is -0.925. The lowest BCUT2D eigenvalue weighted by Gasteiger charge is -2.26. The van der Waals surface area contributed by atoms with Crippen LogP contribution in [-0.2, 0) is 18.2 Å². The van der Waals surface area contributed by atoms with Crippen molar-refractivity contribution in [1.29, 1.82) is 0 Å². The Morgan fingerprint density at radius 3 is 2.82 bits per heavy atom. The van der Waals surface area contributed by atoms with Crippen LogP contribution >= 0.6 is 0 Å². The van der Waals surface area contributed by atoms with Gasteiger partial charge in [-0.3, -0.25) is 14.3 Å². The van der Waals surface area contributed by atoms with E-state index in [0.29, 0.717) is 37.5 Å². The van der Waals surface area contributed by atoms with Crippen LogP contribution in [0.2, 0.25) is 0 Å². The zero-order chi connectivity index (χ0) is 22.9. The second-order valence-corrected chi connectivity index (χ2v) is 7.65. The van der Waals surface area contributed by atoms with E-state index in [-0.39, 0.29) is 40.8 Å². The number of halogens is 1. The fraction of sp³-hybridized carbons (Fsp3) is 0.273. The predicted octanol–water partition coefficient (Wildman–Crippen LogP) is 1.56. The second-order valence-electron chi connectivity index (χ2n) is 7.65. The molecule has 10 nitrogen and oxygen atoms in total. The molecule has 0 spiro atoms. The molecule has 5 heterocycles. The zero-order valence-electron chi connectivity index (χ0n) is 17.8. The molecule has 1 fully saturated rings. The molecule has 11 heteroatoms. The van der Waals surface area contributed by atoms with Gasteiger partial charge in [-0.25, -0.2) is 14.5 Å². The first-order valence-electron chi connectivity index (χ1n) is 10.4. The number of Topliss-reactive ketones (excluding diaryl/α,β-unsaturated/α-hetero) is 1. The molecule has 1 aliphatic rings. The third kappa shape index (κ3) is 3.98. The highest BCUT2D eigenvalue weighted by molar-refractivity contribution is 6.07. The van der Waals surface area contributed by atoms with Crippen LogP contribution in [0.4, 0.5) is 4.39 Å². The Morgan fingerprint density at radius 1 is 1.21 bits per heavy atom. The average molecular weight is 449 g/mol. The standard InChI is InChI=1S/C22H20FN7O3/c1-28-19(16(13-25-28)22(32)29-7-9-33-10-8-29)17(31)11-14-4-6-30-18(12-14)26-21(27-30)15-3-2-5-24-20(15)23/h2-6,12-13H,7-11H2,1H3. The Labute approximate surface area is 187 Å². The largest absolute Gasteiger partial charge is 0.378 e. The molecule has 4 aromatic heterocycles. The molecule has 0 bridgehead atoms.